The highest BCUT2D eigenvalue weighted by atomic mass is 16.5. The lowest BCUT2D eigenvalue weighted by atomic mass is 10.1. The number of aromatic amines is 1. The Morgan fingerprint density at radius 1 is 1.50 bits per heavy atom. The molecule has 84 valence electrons. The third-order valence-electron chi connectivity index (χ3n) is 2.69. The van der Waals surface area contributed by atoms with Crippen LogP contribution in [0, 0.1) is 6.92 Å². The van der Waals surface area contributed by atoms with E-state index in [1.54, 1.807) is 7.11 Å². The fourth-order valence-corrected chi connectivity index (χ4v) is 1.79. The Labute approximate surface area is 93.4 Å². The molecule has 1 aromatic carbocycles. The van der Waals surface area contributed by atoms with Gasteiger partial charge in [-0.25, -0.2) is 0 Å². The summed E-state index contributed by atoms with van der Waals surface area (Å²) >= 11 is 0. The normalized spacial score (nSPS) is 10.7. The lowest BCUT2D eigenvalue weighted by Gasteiger charge is -2.07. The van der Waals surface area contributed by atoms with Crippen molar-refractivity contribution >= 4 is 16.7 Å². The van der Waals surface area contributed by atoms with E-state index in [-0.39, 0.29) is 12.3 Å². The van der Waals surface area contributed by atoms with E-state index >= 15 is 0 Å². The fourth-order valence-electron chi connectivity index (χ4n) is 1.79. The summed E-state index contributed by atoms with van der Waals surface area (Å²) in [6.45, 7) is 1.98. The second-order valence-corrected chi connectivity index (χ2v) is 3.70. The topological polar surface area (TPSA) is 68.1 Å². The number of methoxy groups -OCH3 is 1. The third kappa shape index (κ3) is 1.57. The SMILES string of the molecule is COc1cc2[nH]cc(C)c2cc1C(=O)CN. The van der Waals surface area contributed by atoms with Gasteiger partial charge in [0.15, 0.2) is 5.78 Å². The van der Waals surface area contributed by atoms with Gasteiger partial charge >= 0.3 is 0 Å². The van der Waals surface area contributed by atoms with Crippen LogP contribution in [0.4, 0.5) is 0 Å². The quantitative estimate of drug-likeness (QED) is 0.769. The number of ether oxygens (including phenoxy) is 1. The predicted molar refractivity (Wildman–Crippen MR) is 63.0 cm³/mol. The van der Waals surface area contributed by atoms with Gasteiger partial charge < -0.3 is 15.5 Å². The van der Waals surface area contributed by atoms with Crippen molar-refractivity contribution in [3.8, 4) is 5.75 Å². The molecule has 4 nitrogen and oxygen atoms in total. The monoisotopic (exact) mass is 218 g/mol. The second-order valence-electron chi connectivity index (χ2n) is 3.70. The van der Waals surface area contributed by atoms with Crippen molar-refractivity contribution in [1.82, 2.24) is 4.98 Å². The number of H-pyrrole nitrogens is 1. The number of hydrogen-bond donors (Lipinski definition) is 2. The van der Waals surface area contributed by atoms with Gasteiger partial charge in [0.1, 0.15) is 5.75 Å². The summed E-state index contributed by atoms with van der Waals surface area (Å²) in [5, 5.41) is 1.03. The third-order valence-corrected chi connectivity index (χ3v) is 2.69. The predicted octanol–water partition coefficient (Wildman–Crippen LogP) is 1.63. The molecule has 0 aliphatic rings. The van der Waals surface area contributed by atoms with Crippen LogP contribution in [0.3, 0.4) is 0 Å². The Bertz CT molecular complexity index is 543. The molecule has 1 heterocycles. The number of benzene rings is 1. The summed E-state index contributed by atoms with van der Waals surface area (Å²) in [5.41, 5.74) is 7.98. The molecule has 0 saturated heterocycles. The minimum Gasteiger partial charge on any atom is -0.496 e. The molecule has 1 aromatic heterocycles. The van der Waals surface area contributed by atoms with Crippen LogP contribution in [0.25, 0.3) is 10.9 Å². The van der Waals surface area contributed by atoms with Gasteiger partial charge in [-0.2, -0.15) is 0 Å². The van der Waals surface area contributed by atoms with Gasteiger partial charge in [-0.05, 0) is 18.6 Å². The molecule has 0 fully saturated rings. The first kappa shape index (κ1) is 10.7. The molecule has 0 unspecified atom stereocenters. The number of fused-ring (bicyclic) bond motifs is 1. The number of aromatic nitrogens is 1. The van der Waals surface area contributed by atoms with E-state index in [2.05, 4.69) is 4.98 Å². The minimum absolute atomic E-state index is 0.00859. The first-order valence-electron chi connectivity index (χ1n) is 5.06. The zero-order valence-electron chi connectivity index (χ0n) is 9.33. The summed E-state index contributed by atoms with van der Waals surface area (Å²) in [7, 11) is 1.55. The zero-order chi connectivity index (χ0) is 11.7. The van der Waals surface area contributed by atoms with Crippen molar-refractivity contribution < 1.29 is 9.53 Å². The van der Waals surface area contributed by atoms with Crippen LogP contribution in [-0.2, 0) is 0 Å². The van der Waals surface area contributed by atoms with Gasteiger partial charge in [0, 0.05) is 23.2 Å². The number of rotatable bonds is 3. The van der Waals surface area contributed by atoms with Crippen molar-refractivity contribution in [2.24, 2.45) is 5.73 Å². The van der Waals surface area contributed by atoms with Crippen LogP contribution >= 0.6 is 0 Å². The first-order valence-corrected chi connectivity index (χ1v) is 5.06. The van der Waals surface area contributed by atoms with Gasteiger partial charge in [0.05, 0.1) is 19.2 Å². The van der Waals surface area contributed by atoms with Crippen molar-refractivity contribution in [1.29, 1.82) is 0 Å². The fraction of sp³-hybridized carbons (Fsp3) is 0.250. The van der Waals surface area contributed by atoms with Gasteiger partial charge in [-0.3, -0.25) is 4.79 Å². The molecule has 0 aliphatic carbocycles. The smallest absolute Gasteiger partial charge is 0.180 e. The maximum Gasteiger partial charge on any atom is 0.180 e. The van der Waals surface area contributed by atoms with E-state index in [0.717, 1.165) is 16.5 Å². The summed E-state index contributed by atoms with van der Waals surface area (Å²) in [4.78, 5) is 14.8. The first-order chi connectivity index (χ1) is 7.67. The molecule has 4 heteroatoms. The number of nitrogens with one attached hydrogen (secondary N) is 1. The standard InChI is InChI=1S/C12H14N2O2/c1-7-6-14-10-4-12(16-2)9(3-8(7)10)11(15)5-13/h3-4,6,14H,5,13H2,1-2H3. The van der Waals surface area contributed by atoms with Gasteiger partial charge in [-0.15, -0.1) is 0 Å². The zero-order valence-corrected chi connectivity index (χ0v) is 9.33. The molecular weight excluding hydrogens is 204 g/mol. The molecule has 0 spiro atoms. The van der Waals surface area contributed by atoms with E-state index < -0.39 is 0 Å². The lowest BCUT2D eigenvalue weighted by molar-refractivity contribution is 0.0998. The summed E-state index contributed by atoms with van der Waals surface area (Å²) < 4.78 is 5.19. The van der Waals surface area contributed by atoms with Crippen molar-refractivity contribution in [3.63, 3.8) is 0 Å². The molecule has 2 rings (SSSR count). The van der Waals surface area contributed by atoms with Gasteiger partial charge in [0.25, 0.3) is 0 Å². The molecule has 0 amide bonds. The van der Waals surface area contributed by atoms with E-state index in [1.165, 1.54) is 0 Å². The largest absolute Gasteiger partial charge is 0.496 e. The Kier molecular flexibility index (Phi) is 2.66. The highest BCUT2D eigenvalue weighted by Crippen LogP contribution is 2.27. The maximum atomic E-state index is 11.7. The van der Waals surface area contributed by atoms with Crippen LogP contribution in [0.5, 0.6) is 5.75 Å². The summed E-state index contributed by atoms with van der Waals surface area (Å²) in [6, 6.07) is 3.65. The maximum absolute atomic E-state index is 11.7. The van der Waals surface area contributed by atoms with Crippen molar-refractivity contribution in [3.05, 3.63) is 29.5 Å². The van der Waals surface area contributed by atoms with Gasteiger partial charge in [0.2, 0.25) is 0 Å². The molecule has 0 aliphatic heterocycles. The molecule has 0 saturated carbocycles. The van der Waals surface area contributed by atoms with Crippen LogP contribution in [0.1, 0.15) is 15.9 Å². The Morgan fingerprint density at radius 2 is 2.25 bits per heavy atom. The van der Waals surface area contributed by atoms with Crippen LogP contribution < -0.4 is 10.5 Å². The average Bonchev–Trinajstić information content (AvgIpc) is 2.68. The Hall–Kier alpha value is -1.81. The Morgan fingerprint density at radius 3 is 2.88 bits per heavy atom. The number of carbonyl (C=O) groups excluding carboxylic acids is 1. The molecule has 0 radical (unpaired) electrons. The highest BCUT2D eigenvalue weighted by Gasteiger charge is 2.13. The second kappa shape index (κ2) is 3.98. The summed E-state index contributed by atoms with van der Waals surface area (Å²) in [6.07, 6.45) is 1.90. The lowest BCUT2D eigenvalue weighted by Crippen LogP contribution is -2.14. The molecule has 0 bridgehead atoms. The molecule has 0 atom stereocenters. The van der Waals surface area contributed by atoms with Crippen molar-refractivity contribution in [2.45, 2.75) is 6.92 Å². The van der Waals surface area contributed by atoms with Crippen molar-refractivity contribution in [2.75, 3.05) is 13.7 Å². The Balaban J connectivity index is 2.69. The number of nitrogens with two attached hydrogens (primary N) is 1. The van der Waals surface area contributed by atoms with E-state index in [4.69, 9.17) is 10.5 Å². The highest BCUT2D eigenvalue weighted by molar-refractivity contribution is 6.03. The van der Waals surface area contributed by atoms with Crippen LogP contribution in [0.15, 0.2) is 18.3 Å². The molecular formula is C12H14N2O2. The van der Waals surface area contributed by atoms with Crippen LogP contribution in [-0.4, -0.2) is 24.4 Å². The van der Waals surface area contributed by atoms with E-state index in [0.29, 0.717) is 11.3 Å². The number of ketones is 1. The molecule has 16 heavy (non-hydrogen) atoms. The number of aryl methyl sites for hydroxylation is 1. The minimum atomic E-state index is -0.112. The summed E-state index contributed by atoms with van der Waals surface area (Å²) in [5.74, 6) is 0.448. The molecule has 2 aromatic rings. The van der Waals surface area contributed by atoms with E-state index in [1.807, 2.05) is 25.3 Å². The number of carbonyl (C=O) groups is 1. The number of hydrogen-bond acceptors (Lipinski definition) is 3. The van der Waals surface area contributed by atoms with E-state index in [9.17, 15) is 4.79 Å². The van der Waals surface area contributed by atoms with Gasteiger partial charge in [-0.1, -0.05) is 0 Å². The molecule has 3 N–H and O–H groups in total. The number of Topliss-reactive ketones (excluding diaryl/α,β-unsaturated/α-hetero) is 1. The van der Waals surface area contributed by atoms with Crippen LogP contribution in [0.2, 0.25) is 0 Å². The average molecular weight is 218 g/mol.